The van der Waals surface area contributed by atoms with Crippen LogP contribution in [0.15, 0.2) is 12.2 Å². The topological polar surface area (TPSA) is 17.1 Å². The summed E-state index contributed by atoms with van der Waals surface area (Å²) in [6.07, 6.45) is 4.49. The number of allylic oxidation sites excluding steroid dienone is 1. The first kappa shape index (κ1) is 9.62. The number of carbonyl (C=O) groups is 1. The molecule has 0 saturated heterocycles. The Morgan fingerprint density at radius 3 is 2.87 bits per heavy atom. The number of carbonyl (C=O) groups excluding carboxylic acids is 1. The smallest absolute Gasteiger partial charge is 0.136 e. The Bertz CT molecular complexity index is 343. The van der Waals surface area contributed by atoms with Crippen LogP contribution in [0.4, 0.5) is 0 Å². The Labute approximate surface area is 91.9 Å². The summed E-state index contributed by atoms with van der Waals surface area (Å²) in [5.41, 5.74) is 1.77. The van der Waals surface area contributed by atoms with Crippen molar-refractivity contribution >= 4 is 5.78 Å². The molecule has 0 aromatic rings. The molecule has 0 radical (unpaired) electrons. The van der Waals surface area contributed by atoms with E-state index in [0.29, 0.717) is 29.0 Å². The van der Waals surface area contributed by atoms with Gasteiger partial charge in [0.05, 0.1) is 0 Å². The Morgan fingerprint density at radius 1 is 1.47 bits per heavy atom. The standard InChI is InChI=1S/C14H20O/c1-8(2)11-7-14(3)6-9-4-12(14)10(11)5-13(9)15/h9-12H,1,4-7H2,2-3H3/t9?,10?,11-,12?,14?/m0/s1. The third-order valence-corrected chi connectivity index (χ3v) is 5.39. The van der Waals surface area contributed by atoms with Gasteiger partial charge in [0.2, 0.25) is 0 Å². The summed E-state index contributed by atoms with van der Waals surface area (Å²) >= 11 is 0. The number of Topliss-reactive ketones (excluding diaryl/α,β-unsaturated/α-hetero) is 1. The van der Waals surface area contributed by atoms with Gasteiger partial charge in [0, 0.05) is 12.3 Å². The first-order valence-corrected chi connectivity index (χ1v) is 6.19. The molecule has 0 amide bonds. The van der Waals surface area contributed by atoms with Crippen LogP contribution in [0, 0.1) is 29.1 Å². The minimum absolute atomic E-state index is 0.419. The van der Waals surface area contributed by atoms with Gasteiger partial charge in [-0.1, -0.05) is 19.1 Å². The molecule has 1 heteroatoms. The van der Waals surface area contributed by atoms with Crippen LogP contribution in [0.25, 0.3) is 0 Å². The fraction of sp³-hybridized carbons (Fsp3) is 0.786. The zero-order chi connectivity index (χ0) is 10.8. The summed E-state index contributed by atoms with van der Waals surface area (Å²) in [7, 11) is 0. The molecular formula is C14H20O. The highest BCUT2D eigenvalue weighted by Gasteiger charge is 2.59. The molecule has 82 valence electrons. The lowest BCUT2D eigenvalue weighted by Crippen LogP contribution is -2.28. The van der Waals surface area contributed by atoms with Gasteiger partial charge in [-0.3, -0.25) is 4.79 Å². The summed E-state index contributed by atoms with van der Waals surface area (Å²) < 4.78 is 0. The predicted octanol–water partition coefficient (Wildman–Crippen LogP) is 3.20. The Kier molecular flexibility index (Phi) is 1.76. The van der Waals surface area contributed by atoms with Crippen LogP contribution >= 0.6 is 0 Å². The van der Waals surface area contributed by atoms with Crippen molar-refractivity contribution in [2.45, 2.75) is 39.5 Å². The van der Waals surface area contributed by atoms with E-state index in [1.54, 1.807) is 0 Å². The number of ketones is 1. The maximum Gasteiger partial charge on any atom is 0.136 e. The van der Waals surface area contributed by atoms with Gasteiger partial charge in [0.15, 0.2) is 0 Å². The normalized spacial score (nSPS) is 52.3. The van der Waals surface area contributed by atoms with Crippen LogP contribution in [-0.2, 0) is 4.79 Å². The highest BCUT2D eigenvalue weighted by molar-refractivity contribution is 5.83. The average molecular weight is 204 g/mol. The zero-order valence-electron chi connectivity index (χ0n) is 9.75. The van der Waals surface area contributed by atoms with Crippen LogP contribution in [0.5, 0.6) is 0 Å². The van der Waals surface area contributed by atoms with E-state index in [4.69, 9.17) is 0 Å². The number of hydrogen-bond donors (Lipinski definition) is 0. The Hall–Kier alpha value is -0.590. The van der Waals surface area contributed by atoms with Crippen LogP contribution in [0.1, 0.15) is 39.5 Å². The van der Waals surface area contributed by atoms with Crippen LogP contribution in [-0.4, -0.2) is 5.78 Å². The van der Waals surface area contributed by atoms with Crippen molar-refractivity contribution in [2.75, 3.05) is 0 Å². The molecule has 3 rings (SSSR count). The van der Waals surface area contributed by atoms with E-state index in [-0.39, 0.29) is 0 Å². The van der Waals surface area contributed by atoms with Crippen molar-refractivity contribution < 1.29 is 4.79 Å². The molecule has 0 aliphatic heterocycles. The van der Waals surface area contributed by atoms with Crippen LogP contribution < -0.4 is 0 Å². The second-order valence-electron chi connectivity index (χ2n) is 6.39. The van der Waals surface area contributed by atoms with Crippen molar-refractivity contribution in [1.82, 2.24) is 0 Å². The molecule has 3 saturated carbocycles. The SMILES string of the molecule is C=C(C)[C@@H]1CC2(C)CC3CC2C1CC3=O. The Balaban J connectivity index is 1.99. The minimum atomic E-state index is 0.419. The molecule has 3 aliphatic carbocycles. The van der Waals surface area contributed by atoms with E-state index in [2.05, 4.69) is 20.4 Å². The summed E-state index contributed by atoms with van der Waals surface area (Å²) in [5.74, 6) is 3.05. The van der Waals surface area contributed by atoms with E-state index in [1.165, 1.54) is 18.4 Å². The average Bonchev–Trinajstić information content (AvgIpc) is 2.56. The lowest BCUT2D eigenvalue weighted by atomic mass is 9.74. The maximum atomic E-state index is 11.9. The zero-order valence-corrected chi connectivity index (χ0v) is 9.75. The molecule has 0 aromatic heterocycles. The van der Waals surface area contributed by atoms with Crippen molar-refractivity contribution in [2.24, 2.45) is 29.1 Å². The van der Waals surface area contributed by atoms with Gasteiger partial charge in [0.1, 0.15) is 5.78 Å². The molecule has 1 nitrogen and oxygen atoms in total. The van der Waals surface area contributed by atoms with E-state index >= 15 is 0 Å². The van der Waals surface area contributed by atoms with Crippen LogP contribution in [0.2, 0.25) is 0 Å². The fourth-order valence-electron chi connectivity index (χ4n) is 4.72. The minimum Gasteiger partial charge on any atom is -0.299 e. The molecule has 0 N–H and O–H groups in total. The molecular weight excluding hydrogens is 184 g/mol. The van der Waals surface area contributed by atoms with Gasteiger partial charge in [-0.15, -0.1) is 0 Å². The highest BCUT2D eigenvalue weighted by Crippen LogP contribution is 2.65. The largest absolute Gasteiger partial charge is 0.299 e. The monoisotopic (exact) mass is 204 g/mol. The molecule has 0 heterocycles. The number of rotatable bonds is 1. The lowest BCUT2D eigenvalue weighted by molar-refractivity contribution is -0.126. The molecule has 2 bridgehead atoms. The molecule has 3 fully saturated rings. The van der Waals surface area contributed by atoms with E-state index < -0.39 is 0 Å². The molecule has 15 heavy (non-hydrogen) atoms. The molecule has 4 unspecified atom stereocenters. The Morgan fingerprint density at radius 2 is 2.20 bits per heavy atom. The van der Waals surface area contributed by atoms with E-state index in [0.717, 1.165) is 18.8 Å². The molecule has 5 atom stereocenters. The molecule has 3 aliphatic rings. The third kappa shape index (κ3) is 1.12. The maximum absolute atomic E-state index is 11.9. The molecule has 0 spiro atoms. The predicted molar refractivity (Wildman–Crippen MR) is 60.4 cm³/mol. The van der Waals surface area contributed by atoms with Crippen molar-refractivity contribution in [3.63, 3.8) is 0 Å². The van der Waals surface area contributed by atoms with Crippen molar-refractivity contribution in [3.8, 4) is 0 Å². The summed E-state index contributed by atoms with van der Waals surface area (Å²) in [6, 6.07) is 0. The fourth-order valence-corrected chi connectivity index (χ4v) is 4.72. The second-order valence-corrected chi connectivity index (χ2v) is 6.39. The number of hydrogen-bond acceptors (Lipinski definition) is 1. The van der Waals surface area contributed by atoms with E-state index in [1.807, 2.05) is 0 Å². The van der Waals surface area contributed by atoms with Crippen molar-refractivity contribution in [3.05, 3.63) is 12.2 Å². The summed E-state index contributed by atoms with van der Waals surface area (Å²) in [4.78, 5) is 11.9. The van der Waals surface area contributed by atoms with Crippen molar-refractivity contribution in [1.29, 1.82) is 0 Å². The van der Waals surface area contributed by atoms with Crippen LogP contribution in [0.3, 0.4) is 0 Å². The lowest BCUT2D eigenvalue weighted by Gasteiger charge is -2.29. The van der Waals surface area contributed by atoms with Gasteiger partial charge in [-0.25, -0.2) is 0 Å². The number of fused-ring (bicyclic) bond motifs is 1. The quantitative estimate of drug-likeness (QED) is 0.599. The van der Waals surface area contributed by atoms with Gasteiger partial charge in [-0.2, -0.15) is 0 Å². The van der Waals surface area contributed by atoms with E-state index in [9.17, 15) is 4.79 Å². The van der Waals surface area contributed by atoms with Gasteiger partial charge < -0.3 is 0 Å². The van der Waals surface area contributed by atoms with Gasteiger partial charge in [0.25, 0.3) is 0 Å². The second kappa shape index (κ2) is 2.75. The highest BCUT2D eigenvalue weighted by atomic mass is 16.1. The summed E-state index contributed by atoms with van der Waals surface area (Å²) in [5, 5.41) is 0. The first-order valence-electron chi connectivity index (χ1n) is 6.19. The van der Waals surface area contributed by atoms with Gasteiger partial charge >= 0.3 is 0 Å². The first-order chi connectivity index (χ1) is 7.01. The van der Waals surface area contributed by atoms with Gasteiger partial charge in [-0.05, 0) is 49.4 Å². The molecule has 0 aromatic carbocycles. The third-order valence-electron chi connectivity index (χ3n) is 5.39. The summed E-state index contributed by atoms with van der Waals surface area (Å²) in [6.45, 7) is 8.68.